The first-order chi connectivity index (χ1) is 21.8. The van der Waals surface area contributed by atoms with E-state index in [1.807, 2.05) is 121 Å². The third-order valence-electron chi connectivity index (χ3n) is 7.39. The second-order valence-electron chi connectivity index (χ2n) is 10.6. The van der Waals surface area contributed by atoms with Gasteiger partial charge in [-0.2, -0.15) is 0 Å². The second-order valence-corrected chi connectivity index (χ2v) is 10.6. The number of ether oxygens (including phenoxy) is 6. The van der Waals surface area contributed by atoms with E-state index in [1.54, 1.807) is 0 Å². The van der Waals surface area contributed by atoms with Gasteiger partial charge in [-0.15, -0.1) is 0 Å². The molecule has 0 aromatic heterocycles. The lowest BCUT2D eigenvalue weighted by Crippen LogP contribution is -2.55. The molecule has 2 N–H and O–H groups in total. The summed E-state index contributed by atoms with van der Waals surface area (Å²) in [5.74, 6) is 0. The fraction of sp³-hybridized carbons (Fsp3) is 0.333. The van der Waals surface area contributed by atoms with Crippen molar-refractivity contribution in [2.24, 2.45) is 0 Å². The van der Waals surface area contributed by atoms with Gasteiger partial charge < -0.3 is 33.6 Å². The van der Waals surface area contributed by atoms with E-state index >= 15 is 0 Å². The largest absolute Gasteiger partial charge is 0.369 e. The van der Waals surface area contributed by atoms with E-state index in [1.165, 1.54) is 0 Å². The summed E-state index contributed by atoms with van der Waals surface area (Å²) in [7, 11) is 0. The molecule has 1 aliphatic heterocycles. The molecule has 1 aliphatic rings. The van der Waals surface area contributed by atoms with Crippen LogP contribution in [0, 0.1) is 0 Å². The highest BCUT2D eigenvalue weighted by molar-refractivity contribution is 5.16. The molecule has 0 amide bonds. The van der Waals surface area contributed by atoms with E-state index < -0.39 is 30.7 Å². The number of hydrogen-bond donors (Lipinski definition) is 2. The van der Waals surface area contributed by atoms with E-state index in [-0.39, 0.29) is 6.54 Å². The molecule has 4 atom stereocenters. The predicted molar refractivity (Wildman–Crippen MR) is 166 cm³/mol. The van der Waals surface area contributed by atoms with Crippen LogP contribution in [0.25, 0.3) is 0 Å². The summed E-state index contributed by atoms with van der Waals surface area (Å²) in [6.07, 6.45) is -3.40. The van der Waals surface area contributed by atoms with Crippen molar-refractivity contribution < 1.29 is 33.6 Å². The van der Waals surface area contributed by atoms with Crippen LogP contribution in [0.5, 0.6) is 0 Å². The quantitative estimate of drug-likeness (QED) is 0.141. The van der Waals surface area contributed by atoms with Gasteiger partial charge in [-0.05, 0) is 22.3 Å². The maximum Gasteiger partial charge on any atom is 0.186 e. The molecule has 0 saturated carbocycles. The highest BCUT2D eigenvalue weighted by Gasteiger charge is 2.44. The van der Waals surface area contributed by atoms with Gasteiger partial charge >= 0.3 is 0 Å². The maximum absolute atomic E-state index is 9.95. The highest BCUT2D eigenvalue weighted by Crippen LogP contribution is 2.27. The van der Waals surface area contributed by atoms with Gasteiger partial charge in [-0.25, -0.2) is 5.48 Å². The van der Waals surface area contributed by atoms with E-state index in [4.69, 9.17) is 28.4 Å². The number of nitrogens with one attached hydrogen (secondary N) is 1. The lowest BCUT2D eigenvalue weighted by molar-refractivity contribution is -0.238. The number of hydrogen-bond acceptors (Lipinski definition) is 8. The molecular formula is C36H41NO7. The van der Waals surface area contributed by atoms with Crippen molar-refractivity contribution in [2.45, 2.75) is 57.1 Å². The molecule has 1 heterocycles. The summed E-state index contributed by atoms with van der Waals surface area (Å²) in [6, 6.07) is 39.7. The van der Waals surface area contributed by atoms with Crippen LogP contribution in [0.4, 0.5) is 0 Å². The van der Waals surface area contributed by atoms with Gasteiger partial charge in [0.1, 0.15) is 24.4 Å². The highest BCUT2D eigenvalue weighted by atomic mass is 16.7. The molecule has 8 heteroatoms. The van der Waals surface area contributed by atoms with Gasteiger partial charge in [-0.1, -0.05) is 121 Å². The first-order valence-corrected chi connectivity index (χ1v) is 15.0. The van der Waals surface area contributed by atoms with Crippen molar-refractivity contribution in [1.29, 1.82) is 0 Å². The molecule has 0 radical (unpaired) electrons. The molecule has 0 bridgehead atoms. The topological polar surface area (TPSA) is 87.6 Å². The Labute approximate surface area is 259 Å². The third kappa shape index (κ3) is 9.79. The lowest BCUT2D eigenvalue weighted by atomic mass is 10.0. The van der Waals surface area contributed by atoms with Crippen molar-refractivity contribution in [2.75, 3.05) is 19.8 Å². The van der Waals surface area contributed by atoms with Crippen LogP contribution in [0.1, 0.15) is 22.3 Å². The van der Waals surface area contributed by atoms with Crippen LogP contribution in [0.15, 0.2) is 121 Å². The standard InChI is InChI=1S/C36H41NO7/c38-37-23-32(41-24-28-13-5-1-6-14-28)33(42-25-29-15-7-2-8-16-29)34(43-26-30-17-9-3-10-18-30)35(36-39-21-22-40-36)44-27-31-19-11-4-12-20-31/h1-20,32-38H,21-27H2/t32-,33+,34-,35-/m1/s1. The number of benzene rings is 4. The summed E-state index contributed by atoms with van der Waals surface area (Å²) in [4.78, 5) is 0. The summed E-state index contributed by atoms with van der Waals surface area (Å²) in [6.45, 7) is 2.22. The minimum Gasteiger partial charge on any atom is -0.369 e. The van der Waals surface area contributed by atoms with Crippen LogP contribution in [-0.4, -0.2) is 55.7 Å². The average Bonchev–Trinajstić information content (AvgIpc) is 3.62. The first-order valence-electron chi connectivity index (χ1n) is 15.0. The average molecular weight is 600 g/mol. The Morgan fingerprint density at radius 1 is 0.545 bits per heavy atom. The summed E-state index contributed by atoms with van der Waals surface area (Å²) in [5.41, 5.74) is 6.31. The van der Waals surface area contributed by atoms with Gasteiger partial charge in [0.25, 0.3) is 0 Å². The molecule has 4 aromatic carbocycles. The van der Waals surface area contributed by atoms with Gasteiger partial charge in [0, 0.05) is 6.54 Å². The van der Waals surface area contributed by atoms with E-state index in [0.29, 0.717) is 39.6 Å². The Balaban J connectivity index is 1.48. The van der Waals surface area contributed by atoms with Crippen LogP contribution in [0.2, 0.25) is 0 Å². The Morgan fingerprint density at radius 2 is 0.932 bits per heavy atom. The fourth-order valence-corrected chi connectivity index (χ4v) is 5.12. The Kier molecular flexibility index (Phi) is 12.9. The molecule has 0 unspecified atom stereocenters. The SMILES string of the molecule is ONC[C@@H](OCc1ccccc1)[C@H](OCc1ccccc1)[C@@H](OCc1ccccc1)[C@@H](OCc1ccccc1)C1OCCO1. The molecule has 0 spiro atoms. The molecular weight excluding hydrogens is 558 g/mol. The molecule has 4 aromatic rings. The van der Waals surface area contributed by atoms with Gasteiger partial charge in [0.05, 0.1) is 39.6 Å². The predicted octanol–water partition coefficient (Wildman–Crippen LogP) is 5.68. The summed E-state index contributed by atoms with van der Waals surface area (Å²) in [5, 5.41) is 9.95. The van der Waals surface area contributed by atoms with Crippen molar-refractivity contribution >= 4 is 0 Å². The monoisotopic (exact) mass is 599 g/mol. The van der Waals surface area contributed by atoms with Crippen LogP contribution >= 0.6 is 0 Å². The minimum atomic E-state index is -0.708. The Morgan fingerprint density at radius 3 is 1.36 bits per heavy atom. The Hall–Kier alpha value is -3.44. The number of hydroxylamine groups is 1. The van der Waals surface area contributed by atoms with E-state index in [0.717, 1.165) is 22.3 Å². The normalized spacial score (nSPS) is 16.4. The molecule has 1 fully saturated rings. The Bertz CT molecular complexity index is 1310. The zero-order valence-electron chi connectivity index (χ0n) is 24.8. The van der Waals surface area contributed by atoms with Crippen LogP contribution < -0.4 is 5.48 Å². The second kappa shape index (κ2) is 17.8. The van der Waals surface area contributed by atoms with Crippen molar-refractivity contribution in [1.82, 2.24) is 5.48 Å². The van der Waals surface area contributed by atoms with Gasteiger partial charge in [0.2, 0.25) is 0 Å². The minimum absolute atomic E-state index is 0.0925. The molecule has 5 rings (SSSR count). The van der Waals surface area contributed by atoms with Gasteiger partial charge in [0.15, 0.2) is 6.29 Å². The molecule has 232 valence electrons. The summed E-state index contributed by atoms with van der Waals surface area (Å²) >= 11 is 0. The third-order valence-corrected chi connectivity index (χ3v) is 7.39. The molecule has 1 saturated heterocycles. The van der Waals surface area contributed by atoms with Crippen molar-refractivity contribution in [3.05, 3.63) is 144 Å². The molecule has 8 nitrogen and oxygen atoms in total. The maximum atomic E-state index is 9.95. The van der Waals surface area contributed by atoms with Gasteiger partial charge in [-0.3, -0.25) is 0 Å². The van der Waals surface area contributed by atoms with Crippen molar-refractivity contribution in [3.8, 4) is 0 Å². The molecule has 44 heavy (non-hydrogen) atoms. The van der Waals surface area contributed by atoms with E-state index in [2.05, 4.69) is 5.48 Å². The zero-order chi connectivity index (χ0) is 30.2. The molecule has 0 aliphatic carbocycles. The first kappa shape index (κ1) is 32.0. The van der Waals surface area contributed by atoms with Crippen LogP contribution in [0.3, 0.4) is 0 Å². The fourth-order valence-electron chi connectivity index (χ4n) is 5.12. The van der Waals surface area contributed by atoms with E-state index in [9.17, 15) is 5.21 Å². The smallest absolute Gasteiger partial charge is 0.186 e. The van der Waals surface area contributed by atoms with Crippen LogP contribution in [-0.2, 0) is 54.8 Å². The van der Waals surface area contributed by atoms with Crippen molar-refractivity contribution in [3.63, 3.8) is 0 Å². The lowest BCUT2D eigenvalue weighted by Gasteiger charge is -2.39. The zero-order valence-corrected chi connectivity index (χ0v) is 24.8. The number of rotatable bonds is 18. The summed E-state index contributed by atoms with van der Waals surface area (Å²) < 4.78 is 38.5.